The molecule has 2 aromatic carbocycles. The van der Waals surface area contributed by atoms with Crippen molar-refractivity contribution < 1.29 is 21.3 Å². The Balaban J connectivity index is 0. The first kappa shape index (κ1) is 45.2. The molecule has 0 spiro atoms. The third kappa shape index (κ3) is 16.6. The van der Waals surface area contributed by atoms with E-state index in [4.69, 9.17) is 5.53 Å². The SMILES string of the molecule is C=C[CH2-].C=C[CH2-].CCCCc1cc(C(=CC=C=[N+]=[N-])c2cc(CCC)c(CCC)c(CCC)c2)cc(CCCC)c1CCCC.[Ni+2]. The molecule has 2 nitrogen and oxygen atoms in total. The van der Waals surface area contributed by atoms with Gasteiger partial charge in [0.1, 0.15) is 0 Å². The van der Waals surface area contributed by atoms with Gasteiger partial charge in [0.15, 0.2) is 0 Å². The maximum Gasteiger partial charge on any atom is 2.00 e. The minimum Gasteiger partial charge on any atom is -0.348 e. The van der Waals surface area contributed by atoms with Crippen LogP contribution < -0.4 is 0 Å². The van der Waals surface area contributed by atoms with E-state index in [2.05, 4.69) is 110 Å². The van der Waals surface area contributed by atoms with Gasteiger partial charge in [0.25, 0.3) is 5.87 Å². The summed E-state index contributed by atoms with van der Waals surface area (Å²) in [6.45, 7) is 26.7. The maximum absolute atomic E-state index is 9.10. The van der Waals surface area contributed by atoms with E-state index in [1.807, 2.05) is 0 Å². The number of rotatable bonds is 18. The Labute approximate surface area is 295 Å². The molecule has 0 heterocycles. The number of hydrogen-bond acceptors (Lipinski definition) is 0. The second-order valence-electron chi connectivity index (χ2n) is 11.7. The van der Waals surface area contributed by atoms with Crippen LogP contribution in [0.15, 0.2) is 61.7 Å². The van der Waals surface area contributed by atoms with Crippen molar-refractivity contribution in [2.45, 2.75) is 138 Å². The van der Waals surface area contributed by atoms with Crippen molar-refractivity contribution in [1.29, 1.82) is 0 Å². The van der Waals surface area contributed by atoms with Gasteiger partial charge in [0.05, 0.1) is 6.08 Å². The van der Waals surface area contributed by atoms with Gasteiger partial charge in [-0.05, 0) is 114 Å². The van der Waals surface area contributed by atoms with Crippen LogP contribution in [0, 0.1) is 13.8 Å². The first-order chi connectivity index (χ1) is 21.9. The smallest absolute Gasteiger partial charge is 0.348 e. The second-order valence-corrected chi connectivity index (χ2v) is 11.7. The van der Waals surface area contributed by atoms with E-state index >= 15 is 0 Å². The van der Waals surface area contributed by atoms with Crippen LogP contribution in [-0.2, 0) is 55.0 Å². The molecule has 0 unspecified atom stereocenters. The predicted octanol–water partition coefficient (Wildman–Crippen LogP) is 12.5. The Morgan fingerprint density at radius 1 is 0.630 bits per heavy atom. The summed E-state index contributed by atoms with van der Waals surface area (Å²) in [7, 11) is 0. The van der Waals surface area contributed by atoms with Crippen molar-refractivity contribution in [3.63, 3.8) is 0 Å². The number of aryl methyl sites for hydroxylation is 4. The summed E-state index contributed by atoms with van der Waals surface area (Å²) >= 11 is 0. The Kier molecular flexibility index (Phi) is 28.9. The standard InChI is InChI=1S/C37H54N2.2C3H5.Ni/c1-7-13-20-31-27-34(28-32(21-14-8-2)36(31)22-15-9-3)37(23-16-24-39-38)33-25-29(17-10-4)35(19-12-6)30(26-33)18-11-5;2*1-3-2;/h16,23,25-28H,7-15,17-22H2,1-6H3;2*3H,1-2H2;/q;2*-1;+2. The van der Waals surface area contributed by atoms with Crippen LogP contribution in [0.25, 0.3) is 11.1 Å². The molecule has 0 amide bonds. The molecule has 0 bridgehead atoms. The monoisotopic (exact) mass is 666 g/mol. The molecule has 46 heavy (non-hydrogen) atoms. The van der Waals surface area contributed by atoms with Crippen LogP contribution in [0.5, 0.6) is 0 Å². The molecule has 0 saturated carbocycles. The van der Waals surface area contributed by atoms with Crippen LogP contribution in [0.4, 0.5) is 0 Å². The van der Waals surface area contributed by atoms with Crippen LogP contribution in [-0.4, -0.2) is 10.7 Å². The van der Waals surface area contributed by atoms with Gasteiger partial charge in [-0.3, -0.25) is 0 Å². The van der Waals surface area contributed by atoms with Gasteiger partial charge in [0, 0.05) is 0 Å². The quantitative estimate of drug-likeness (QED) is 0.0379. The van der Waals surface area contributed by atoms with Crippen molar-refractivity contribution in [3.05, 3.63) is 126 Å². The van der Waals surface area contributed by atoms with E-state index in [-0.39, 0.29) is 16.5 Å². The fraction of sp³-hybridized carbons (Fsp3) is 0.488. The van der Waals surface area contributed by atoms with E-state index in [0.29, 0.717) is 0 Å². The number of benzene rings is 2. The third-order valence-electron chi connectivity index (χ3n) is 7.79. The van der Waals surface area contributed by atoms with Gasteiger partial charge in [-0.2, -0.15) is 0 Å². The first-order valence-corrected chi connectivity index (χ1v) is 17.6. The molecule has 0 aliphatic rings. The Hall–Kier alpha value is -2.95. The van der Waals surface area contributed by atoms with Crippen molar-refractivity contribution >= 4 is 11.4 Å². The molecular weight excluding hydrogens is 603 g/mol. The van der Waals surface area contributed by atoms with E-state index in [9.17, 15) is 0 Å². The summed E-state index contributed by atoms with van der Waals surface area (Å²) in [5.74, 6) is 2.65. The van der Waals surface area contributed by atoms with Gasteiger partial charge in [0.2, 0.25) is 0 Å². The molecule has 256 valence electrons. The number of unbranched alkanes of at least 4 members (excludes halogenated alkanes) is 3. The minimum absolute atomic E-state index is 0. The molecule has 2 rings (SSSR count). The average molecular weight is 668 g/mol. The van der Waals surface area contributed by atoms with Gasteiger partial charge >= 0.3 is 16.5 Å². The van der Waals surface area contributed by atoms with Crippen molar-refractivity contribution in [2.75, 3.05) is 0 Å². The van der Waals surface area contributed by atoms with Gasteiger partial charge in [-0.25, -0.2) is 39.2 Å². The zero-order chi connectivity index (χ0) is 33.9. The van der Waals surface area contributed by atoms with E-state index in [1.165, 1.54) is 102 Å². The summed E-state index contributed by atoms with van der Waals surface area (Å²) in [6, 6.07) is 9.85. The van der Waals surface area contributed by atoms with E-state index < -0.39 is 0 Å². The zero-order valence-corrected chi connectivity index (χ0v) is 31.3. The molecule has 0 aliphatic heterocycles. The number of hydrogen-bond donors (Lipinski definition) is 0. The summed E-state index contributed by atoms with van der Waals surface area (Å²) in [4.78, 5) is 3.14. The van der Waals surface area contributed by atoms with Crippen molar-refractivity contribution in [3.8, 4) is 0 Å². The Bertz CT molecular complexity index is 1180. The molecule has 0 fully saturated rings. The molecule has 0 atom stereocenters. The summed E-state index contributed by atoms with van der Waals surface area (Å²) in [5, 5.41) is 0. The van der Waals surface area contributed by atoms with Gasteiger partial charge in [-0.15, -0.1) is 4.79 Å². The third-order valence-corrected chi connectivity index (χ3v) is 7.79. The minimum atomic E-state index is 0. The van der Waals surface area contributed by atoms with Crippen LogP contribution in [0.3, 0.4) is 0 Å². The molecule has 2 aromatic rings. The van der Waals surface area contributed by atoms with Crippen LogP contribution in [0.2, 0.25) is 0 Å². The Morgan fingerprint density at radius 3 is 1.33 bits per heavy atom. The second kappa shape index (κ2) is 29.5. The molecular formula is C43H64N2Ni. The molecule has 0 radical (unpaired) electrons. The van der Waals surface area contributed by atoms with E-state index in [0.717, 1.165) is 44.9 Å². The largest absolute Gasteiger partial charge is 2.00 e. The van der Waals surface area contributed by atoms with Crippen molar-refractivity contribution in [2.24, 2.45) is 0 Å². The molecule has 3 heteroatoms. The van der Waals surface area contributed by atoms with Gasteiger partial charge < -0.3 is 5.53 Å². The average Bonchev–Trinajstić information content (AvgIpc) is 3.02. The topological polar surface area (TPSA) is 36.4 Å². The van der Waals surface area contributed by atoms with Crippen LogP contribution in [0.1, 0.15) is 144 Å². The van der Waals surface area contributed by atoms with Crippen molar-refractivity contribution in [1.82, 2.24) is 0 Å². The molecule has 0 aromatic heterocycles. The molecule has 0 aliphatic carbocycles. The number of nitrogens with zero attached hydrogens (tertiary/aromatic N) is 2. The summed E-state index contributed by atoms with van der Waals surface area (Å²) < 4.78 is 0. The summed E-state index contributed by atoms with van der Waals surface area (Å²) in [6.07, 6.45) is 24.5. The first-order valence-electron chi connectivity index (χ1n) is 17.6. The Morgan fingerprint density at radius 2 is 0.978 bits per heavy atom. The number of allylic oxidation sites excluding steroid dienone is 4. The normalized spacial score (nSPS) is 10.2. The maximum atomic E-state index is 9.10. The molecule has 0 N–H and O–H groups in total. The van der Waals surface area contributed by atoms with E-state index in [1.54, 1.807) is 17.2 Å². The zero-order valence-electron chi connectivity index (χ0n) is 30.3. The molecule has 0 saturated heterocycles. The fourth-order valence-corrected chi connectivity index (χ4v) is 5.83. The predicted molar refractivity (Wildman–Crippen MR) is 202 cm³/mol. The fourth-order valence-electron chi connectivity index (χ4n) is 5.83. The summed E-state index contributed by atoms with van der Waals surface area (Å²) in [5.41, 5.74) is 22.1. The van der Waals surface area contributed by atoms with Gasteiger partial charge in [-0.1, -0.05) is 104 Å². The van der Waals surface area contributed by atoms with Crippen LogP contribution >= 0.6 is 0 Å².